The Hall–Kier alpha value is -2.59. The highest BCUT2D eigenvalue weighted by atomic mass is 32.1. The number of methoxy groups -OCH3 is 1. The van der Waals surface area contributed by atoms with Crippen LogP contribution < -0.4 is 10.2 Å². The van der Waals surface area contributed by atoms with Crippen LogP contribution in [-0.4, -0.2) is 79.1 Å². The Kier molecular flexibility index (Phi) is 6.99. The van der Waals surface area contributed by atoms with Crippen LogP contribution in [0.3, 0.4) is 0 Å². The number of amides is 2. The first-order valence-electron chi connectivity index (χ1n) is 9.86. The van der Waals surface area contributed by atoms with Gasteiger partial charge in [0.15, 0.2) is 0 Å². The summed E-state index contributed by atoms with van der Waals surface area (Å²) in [7, 11) is 5.30. The molecule has 10 heteroatoms. The van der Waals surface area contributed by atoms with Gasteiger partial charge in [-0.15, -0.1) is 11.3 Å². The molecule has 3 heterocycles. The molecule has 2 aromatic rings. The second kappa shape index (κ2) is 9.48. The lowest BCUT2D eigenvalue weighted by atomic mass is 9.99. The normalized spacial score (nSPS) is 16.0. The fraction of sp³-hybridized carbons (Fsp3) is 0.550. The molecule has 1 fully saturated rings. The lowest BCUT2D eigenvalue weighted by Crippen LogP contribution is -2.31. The molecule has 1 unspecified atom stereocenters. The third kappa shape index (κ3) is 4.76. The lowest BCUT2D eigenvalue weighted by Gasteiger charge is -2.19. The third-order valence-corrected chi connectivity index (χ3v) is 6.06. The predicted molar refractivity (Wildman–Crippen MR) is 115 cm³/mol. The molecule has 2 amide bonds. The Labute approximate surface area is 180 Å². The van der Waals surface area contributed by atoms with E-state index in [0.29, 0.717) is 48.3 Å². The van der Waals surface area contributed by atoms with Crippen molar-refractivity contribution in [3.63, 3.8) is 0 Å². The van der Waals surface area contributed by atoms with E-state index < -0.39 is 0 Å². The van der Waals surface area contributed by atoms with Crippen LogP contribution in [0.1, 0.15) is 48.8 Å². The van der Waals surface area contributed by atoms with Gasteiger partial charge in [0.2, 0.25) is 5.95 Å². The van der Waals surface area contributed by atoms with Crippen LogP contribution in [0.5, 0.6) is 0 Å². The topological polar surface area (TPSA) is 101 Å². The van der Waals surface area contributed by atoms with Gasteiger partial charge in [-0.1, -0.05) is 0 Å². The number of carbonyl (C=O) groups is 2. The molecule has 9 nitrogen and oxygen atoms in total. The van der Waals surface area contributed by atoms with Crippen molar-refractivity contribution in [1.29, 1.82) is 0 Å². The Morgan fingerprint density at radius 3 is 2.73 bits per heavy atom. The number of hydrogen-bond acceptors (Lipinski definition) is 8. The number of ether oxygens (including phenoxy) is 1. The van der Waals surface area contributed by atoms with Crippen molar-refractivity contribution >= 4 is 29.1 Å². The highest BCUT2D eigenvalue weighted by Gasteiger charge is 2.33. The molecule has 3 rings (SSSR count). The number of likely N-dealkylation sites (tertiary alicyclic amines) is 1. The molecule has 0 spiro atoms. The van der Waals surface area contributed by atoms with Crippen LogP contribution >= 0.6 is 11.3 Å². The van der Waals surface area contributed by atoms with Gasteiger partial charge in [-0.2, -0.15) is 0 Å². The van der Waals surface area contributed by atoms with Gasteiger partial charge in [-0.3, -0.25) is 9.59 Å². The van der Waals surface area contributed by atoms with E-state index in [4.69, 9.17) is 4.74 Å². The van der Waals surface area contributed by atoms with Gasteiger partial charge >= 0.3 is 0 Å². The fourth-order valence-electron chi connectivity index (χ4n) is 3.49. The van der Waals surface area contributed by atoms with Gasteiger partial charge in [0.25, 0.3) is 11.8 Å². The van der Waals surface area contributed by atoms with E-state index in [-0.39, 0.29) is 17.7 Å². The van der Waals surface area contributed by atoms with Gasteiger partial charge in [-0.25, -0.2) is 15.0 Å². The average molecular weight is 433 g/mol. The van der Waals surface area contributed by atoms with Gasteiger partial charge in [0.1, 0.15) is 4.88 Å². The van der Waals surface area contributed by atoms with Crippen LogP contribution in [0.15, 0.2) is 6.20 Å². The summed E-state index contributed by atoms with van der Waals surface area (Å²) < 4.78 is 5.00. The summed E-state index contributed by atoms with van der Waals surface area (Å²) in [6.07, 6.45) is 2.31. The van der Waals surface area contributed by atoms with Crippen LogP contribution in [0.25, 0.3) is 0 Å². The number of carbonyl (C=O) groups excluding carboxylic acids is 2. The van der Waals surface area contributed by atoms with Crippen molar-refractivity contribution in [3.05, 3.63) is 33.0 Å². The summed E-state index contributed by atoms with van der Waals surface area (Å²) in [5.41, 5.74) is 1.89. The maximum atomic E-state index is 13.0. The molecule has 2 aromatic heterocycles. The summed E-state index contributed by atoms with van der Waals surface area (Å²) in [4.78, 5) is 43.4. The number of nitrogens with zero attached hydrogens (tertiary/aromatic N) is 5. The first-order chi connectivity index (χ1) is 14.3. The van der Waals surface area contributed by atoms with E-state index in [1.807, 2.05) is 32.8 Å². The molecule has 0 saturated carbocycles. The molecule has 1 aliphatic heterocycles. The number of anilines is 1. The largest absolute Gasteiger partial charge is 0.383 e. The summed E-state index contributed by atoms with van der Waals surface area (Å²) in [6.45, 7) is 5.73. The van der Waals surface area contributed by atoms with E-state index >= 15 is 0 Å². The molecule has 162 valence electrons. The SMILES string of the molecule is COCCNC(=O)c1cnc(N(C)C)nc1C1CCN(C(=O)c2sc(C)nc2C)C1. The minimum absolute atomic E-state index is 0.00594. The lowest BCUT2D eigenvalue weighted by molar-refractivity contribution is 0.0794. The van der Waals surface area contributed by atoms with E-state index in [2.05, 4.69) is 20.3 Å². The molecular formula is C20H28N6O3S. The molecular weight excluding hydrogens is 404 g/mol. The molecule has 30 heavy (non-hydrogen) atoms. The number of aromatic nitrogens is 3. The van der Waals surface area contributed by atoms with Crippen LogP contribution in [0.4, 0.5) is 5.95 Å². The second-order valence-electron chi connectivity index (χ2n) is 7.50. The zero-order chi connectivity index (χ0) is 21.8. The molecule has 1 N–H and O–H groups in total. The third-order valence-electron chi connectivity index (χ3n) is 5.00. The van der Waals surface area contributed by atoms with Crippen molar-refractivity contribution in [1.82, 2.24) is 25.2 Å². The predicted octanol–water partition coefficient (Wildman–Crippen LogP) is 1.62. The van der Waals surface area contributed by atoms with Crippen molar-refractivity contribution in [3.8, 4) is 0 Å². The monoisotopic (exact) mass is 432 g/mol. The first kappa shape index (κ1) is 22.1. The maximum absolute atomic E-state index is 13.0. The standard InChI is InChI=1S/C20H28N6O3S/c1-12-17(30-13(2)23-12)19(28)26-8-6-14(11-26)16-15(18(27)21-7-9-29-5)10-22-20(24-16)25(3)4/h10,14H,6-9,11H2,1-5H3,(H,21,27). The number of rotatable bonds is 7. The average Bonchev–Trinajstić information content (AvgIpc) is 3.33. The van der Waals surface area contributed by atoms with Crippen molar-refractivity contribution in [2.45, 2.75) is 26.2 Å². The van der Waals surface area contributed by atoms with E-state index in [1.165, 1.54) is 11.3 Å². The van der Waals surface area contributed by atoms with Crippen molar-refractivity contribution in [2.75, 3.05) is 52.3 Å². The van der Waals surface area contributed by atoms with E-state index in [9.17, 15) is 9.59 Å². The smallest absolute Gasteiger partial charge is 0.265 e. The van der Waals surface area contributed by atoms with Gasteiger partial charge in [0, 0.05) is 53.0 Å². The Morgan fingerprint density at radius 2 is 2.10 bits per heavy atom. The number of nitrogens with one attached hydrogen (secondary N) is 1. The van der Waals surface area contributed by atoms with E-state index in [1.54, 1.807) is 18.2 Å². The Bertz CT molecular complexity index is 929. The highest BCUT2D eigenvalue weighted by molar-refractivity contribution is 7.13. The van der Waals surface area contributed by atoms with Crippen LogP contribution in [0, 0.1) is 13.8 Å². The van der Waals surface area contributed by atoms with Gasteiger partial charge < -0.3 is 19.9 Å². The Balaban J connectivity index is 1.83. The molecule has 0 radical (unpaired) electrons. The molecule has 0 bridgehead atoms. The molecule has 1 aliphatic rings. The summed E-state index contributed by atoms with van der Waals surface area (Å²) in [5.74, 6) is 0.268. The minimum atomic E-state index is -0.231. The molecule has 1 saturated heterocycles. The van der Waals surface area contributed by atoms with Crippen LogP contribution in [0.2, 0.25) is 0 Å². The highest BCUT2D eigenvalue weighted by Crippen LogP contribution is 2.31. The second-order valence-corrected chi connectivity index (χ2v) is 8.70. The Morgan fingerprint density at radius 1 is 1.33 bits per heavy atom. The van der Waals surface area contributed by atoms with Crippen molar-refractivity contribution in [2.24, 2.45) is 0 Å². The number of aryl methyl sites for hydroxylation is 2. The maximum Gasteiger partial charge on any atom is 0.265 e. The quantitative estimate of drug-likeness (QED) is 0.664. The molecule has 0 aliphatic carbocycles. The summed E-state index contributed by atoms with van der Waals surface area (Å²) in [5, 5.41) is 3.72. The zero-order valence-corrected chi connectivity index (χ0v) is 18.9. The first-order valence-corrected chi connectivity index (χ1v) is 10.7. The number of hydrogen-bond donors (Lipinski definition) is 1. The summed E-state index contributed by atoms with van der Waals surface area (Å²) in [6, 6.07) is 0. The summed E-state index contributed by atoms with van der Waals surface area (Å²) >= 11 is 1.42. The zero-order valence-electron chi connectivity index (χ0n) is 18.1. The van der Waals surface area contributed by atoms with Gasteiger partial charge in [-0.05, 0) is 20.3 Å². The van der Waals surface area contributed by atoms with Crippen LogP contribution in [-0.2, 0) is 4.74 Å². The molecule has 1 atom stereocenters. The van der Waals surface area contributed by atoms with E-state index in [0.717, 1.165) is 17.1 Å². The minimum Gasteiger partial charge on any atom is -0.383 e. The van der Waals surface area contributed by atoms with Gasteiger partial charge in [0.05, 0.1) is 28.6 Å². The fourth-order valence-corrected chi connectivity index (χ4v) is 4.38. The number of thiazole rings is 1. The molecule has 0 aromatic carbocycles. The van der Waals surface area contributed by atoms with Crippen molar-refractivity contribution < 1.29 is 14.3 Å².